The van der Waals surface area contributed by atoms with E-state index >= 15 is 0 Å². The molecule has 0 radical (unpaired) electrons. The summed E-state index contributed by atoms with van der Waals surface area (Å²) in [4.78, 5) is 11.6. The molecule has 2 heterocycles. The number of benzene rings is 1. The van der Waals surface area contributed by atoms with E-state index in [0.717, 1.165) is 37.1 Å². The third-order valence-electron chi connectivity index (χ3n) is 6.47. The SMILES string of the molecule is NC1C[C@@H](N2Cc3cnc(C4CC4)nc3C2)CCC1c1cc(F)c(F)cc1F. The Labute approximate surface area is 162 Å². The Morgan fingerprint density at radius 1 is 0.964 bits per heavy atom. The molecule has 4 nitrogen and oxygen atoms in total. The molecule has 1 aliphatic heterocycles. The van der Waals surface area contributed by atoms with Crippen molar-refractivity contribution in [2.24, 2.45) is 5.73 Å². The number of nitrogens with two attached hydrogens (primary N) is 1. The van der Waals surface area contributed by atoms with Gasteiger partial charge in [0.15, 0.2) is 11.6 Å². The highest BCUT2D eigenvalue weighted by Crippen LogP contribution is 2.40. The van der Waals surface area contributed by atoms with Gasteiger partial charge in [0.2, 0.25) is 0 Å². The van der Waals surface area contributed by atoms with E-state index in [0.29, 0.717) is 24.8 Å². The maximum atomic E-state index is 14.2. The van der Waals surface area contributed by atoms with Crippen molar-refractivity contribution in [3.8, 4) is 0 Å². The van der Waals surface area contributed by atoms with Crippen LogP contribution in [0.4, 0.5) is 13.2 Å². The predicted octanol–water partition coefficient (Wildman–Crippen LogP) is 3.75. The lowest BCUT2D eigenvalue weighted by Crippen LogP contribution is -2.44. The van der Waals surface area contributed by atoms with E-state index in [1.165, 1.54) is 18.4 Å². The van der Waals surface area contributed by atoms with Gasteiger partial charge < -0.3 is 5.73 Å². The van der Waals surface area contributed by atoms with Gasteiger partial charge in [0.25, 0.3) is 0 Å². The summed E-state index contributed by atoms with van der Waals surface area (Å²) in [5.74, 6) is -1.69. The molecule has 2 aliphatic carbocycles. The molecular formula is C21H23F3N4. The fraction of sp³-hybridized carbons (Fsp3) is 0.524. The molecule has 2 unspecified atom stereocenters. The van der Waals surface area contributed by atoms with Crippen LogP contribution in [0.5, 0.6) is 0 Å². The first-order valence-corrected chi connectivity index (χ1v) is 9.98. The van der Waals surface area contributed by atoms with E-state index < -0.39 is 17.5 Å². The van der Waals surface area contributed by atoms with Crippen molar-refractivity contribution in [1.82, 2.24) is 14.9 Å². The molecule has 0 spiro atoms. The summed E-state index contributed by atoms with van der Waals surface area (Å²) in [5.41, 5.74) is 8.84. The van der Waals surface area contributed by atoms with Gasteiger partial charge in [-0.25, -0.2) is 23.1 Å². The summed E-state index contributed by atoms with van der Waals surface area (Å²) < 4.78 is 41.0. The van der Waals surface area contributed by atoms with Gasteiger partial charge in [-0.1, -0.05) is 0 Å². The van der Waals surface area contributed by atoms with Crippen molar-refractivity contribution in [3.63, 3.8) is 0 Å². The largest absolute Gasteiger partial charge is 0.327 e. The van der Waals surface area contributed by atoms with Crippen molar-refractivity contribution in [1.29, 1.82) is 0 Å². The number of hydrogen-bond acceptors (Lipinski definition) is 4. The molecular weight excluding hydrogens is 365 g/mol. The van der Waals surface area contributed by atoms with Gasteiger partial charge in [0, 0.05) is 54.8 Å². The van der Waals surface area contributed by atoms with Crippen LogP contribution in [0.2, 0.25) is 0 Å². The Hall–Kier alpha value is -1.99. The molecule has 2 aromatic rings. The monoisotopic (exact) mass is 388 g/mol. The molecule has 5 rings (SSSR count). The van der Waals surface area contributed by atoms with Gasteiger partial charge in [-0.15, -0.1) is 0 Å². The Balaban J connectivity index is 1.28. The molecule has 2 N–H and O–H groups in total. The van der Waals surface area contributed by atoms with E-state index in [-0.39, 0.29) is 23.6 Å². The zero-order valence-electron chi connectivity index (χ0n) is 15.5. The molecule has 0 saturated heterocycles. The molecule has 3 atom stereocenters. The fourth-order valence-corrected chi connectivity index (χ4v) is 4.71. The Bertz CT molecular complexity index is 915. The zero-order chi connectivity index (χ0) is 19.4. The average Bonchev–Trinajstić information content (AvgIpc) is 3.43. The molecule has 1 aromatic heterocycles. The Morgan fingerprint density at radius 2 is 1.75 bits per heavy atom. The maximum Gasteiger partial charge on any atom is 0.161 e. The van der Waals surface area contributed by atoms with Gasteiger partial charge in [-0.05, 0) is 43.7 Å². The average molecular weight is 388 g/mol. The van der Waals surface area contributed by atoms with E-state index in [9.17, 15) is 13.2 Å². The van der Waals surface area contributed by atoms with E-state index in [1.54, 1.807) is 0 Å². The molecule has 1 aromatic carbocycles. The molecule has 148 valence electrons. The number of fused-ring (bicyclic) bond motifs is 1. The predicted molar refractivity (Wildman–Crippen MR) is 97.9 cm³/mol. The third kappa shape index (κ3) is 3.20. The van der Waals surface area contributed by atoms with Crippen LogP contribution >= 0.6 is 0 Å². The fourth-order valence-electron chi connectivity index (χ4n) is 4.71. The van der Waals surface area contributed by atoms with E-state index in [4.69, 9.17) is 10.7 Å². The van der Waals surface area contributed by atoms with Crippen molar-refractivity contribution < 1.29 is 13.2 Å². The van der Waals surface area contributed by atoms with Crippen LogP contribution in [0.15, 0.2) is 18.3 Å². The first-order valence-electron chi connectivity index (χ1n) is 9.98. The van der Waals surface area contributed by atoms with Crippen molar-refractivity contribution in [2.75, 3.05) is 0 Å². The lowest BCUT2D eigenvalue weighted by molar-refractivity contribution is 0.137. The Morgan fingerprint density at radius 3 is 2.50 bits per heavy atom. The van der Waals surface area contributed by atoms with Crippen LogP contribution in [-0.4, -0.2) is 27.0 Å². The van der Waals surface area contributed by atoms with Crippen LogP contribution in [0.3, 0.4) is 0 Å². The summed E-state index contributed by atoms with van der Waals surface area (Å²) >= 11 is 0. The lowest BCUT2D eigenvalue weighted by atomic mass is 9.77. The molecule has 2 fully saturated rings. The zero-order valence-corrected chi connectivity index (χ0v) is 15.5. The first kappa shape index (κ1) is 18.1. The molecule has 0 amide bonds. The highest BCUT2D eigenvalue weighted by atomic mass is 19.2. The first-order chi connectivity index (χ1) is 13.5. The summed E-state index contributed by atoms with van der Waals surface area (Å²) in [6.07, 6.45) is 6.51. The summed E-state index contributed by atoms with van der Waals surface area (Å²) in [6, 6.07) is 1.57. The van der Waals surface area contributed by atoms with Crippen LogP contribution in [0.1, 0.15) is 66.6 Å². The Kier molecular flexibility index (Phi) is 4.39. The third-order valence-corrected chi connectivity index (χ3v) is 6.47. The van der Waals surface area contributed by atoms with Crippen LogP contribution in [0, 0.1) is 17.5 Å². The number of rotatable bonds is 3. The number of hydrogen-bond donors (Lipinski definition) is 1. The highest BCUT2D eigenvalue weighted by Gasteiger charge is 2.37. The van der Waals surface area contributed by atoms with Gasteiger partial charge in [0.1, 0.15) is 11.6 Å². The minimum atomic E-state index is -1.16. The van der Waals surface area contributed by atoms with Crippen molar-refractivity contribution in [2.45, 2.75) is 69.1 Å². The molecule has 2 saturated carbocycles. The number of nitrogens with zero attached hydrogens (tertiary/aromatic N) is 3. The molecule has 0 bridgehead atoms. The van der Waals surface area contributed by atoms with E-state index in [1.807, 2.05) is 6.20 Å². The summed E-state index contributed by atoms with van der Waals surface area (Å²) in [5, 5.41) is 0. The molecule has 7 heteroatoms. The molecule has 3 aliphatic rings. The van der Waals surface area contributed by atoms with Crippen LogP contribution in [-0.2, 0) is 13.1 Å². The second kappa shape index (κ2) is 6.81. The van der Waals surface area contributed by atoms with Gasteiger partial charge in [0.05, 0.1) is 5.69 Å². The van der Waals surface area contributed by atoms with Crippen molar-refractivity contribution >= 4 is 0 Å². The second-order valence-electron chi connectivity index (χ2n) is 8.40. The second-order valence-corrected chi connectivity index (χ2v) is 8.40. The van der Waals surface area contributed by atoms with E-state index in [2.05, 4.69) is 9.88 Å². The normalized spacial score (nSPS) is 27.8. The van der Waals surface area contributed by atoms with Gasteiger partial charge in [-0.2, -0.15) is 0 Å². The standard InChI is InChI=1S/C21H23F3N4/c22-16-7-18(24)17(23)6-15(16)14-4-3-13(5-19(14)25)28-9-12-8-26-21(11-1-2-11)27-20(12)10-28/h6-8,11,13-14,19H,1-5,9-10,25H2/t13-,14?,19?/m0/s1. The maximum absolute atomic E-state index is 14.2. The minimum absolute atomic E-state index is 0.189. The highest BCUT2D eigenvalue weighted by molar-refractivity contribution is 5.27. The lowest BCUT2D eigenvalue weighted by Gasteiger charge is -2.38. The van der Waals surface area contributed by atoms with Gasteiger partial charge in [-0.3, -0.25) is 4.90 Å². The number of halogens is 3. The van der Waals surface area contributed by atoms with Gasteiger partial charge >= 0.3 is 0 Å². The topological polar surface area (TPSA) is 55.0 Å². The summed E-state index contributed by atoms with van der Waals surface area (Å²) in [6.45, 7) is 1.60. The van der Waals surface area contributed by atoms with Crippen LogP contribution < -0.4 is 5.73 Å². The minimum Gasteiger partial charge on any atom is -0.327 e. The smallest absolute Gasteiger partial charge is 0.161 e. The number of aromatic nitrogens is 2. The molecule has 28 heavy (non-hydrogen) atoms. The van der Waals surface area contributed by atoms with Crippen LogP contribution in [0.25, 0.3) is 0 Å². The van der Waals surface area contributed by atoms with Crippen molar-refractivity contribution in [3.05, 3.63) is 58.4 Å². The summed E-state index contributed by atoms with van der Waals surface area (Å²) in [7, 11) is 0. The quantitative estimate of drug-likeness (QED) is 0.814.